The zero-order chi connectivity index (χ0) is 20.5. The number of nitrogens with one attached hydrogen (secondary N) is 2. The second kappa shape index (κ2) is 7.84. The van der Waals surface area contributed by atoms with E-state index in [4.69, 9.17) is 16.3 Å². The zero-order valence-electron chi connectivity index (χ0n) is 14.8. The third-order valence-electron chi connectivity index (χ3n) is 4.32. The Morgan fingerprint density at radius 3 is 2.71 bits per heavy atom. The maximum absolute atomic E-state index is 14.6. The first-order valence-corrected chi connectivity index (χ1v) is 8.76. The fourth-order valence-corrected chi connectivity index (χ4v) is 3.00. The van der Waals surface area contributed by atoms with Crippen LogP contribution in [0, 0.1) is 5.82 Å². The Morgan fingerprint density at radius 1 is 1.32 bits per heavy atom. The minimum atomic E-state index is -3.84. The Morgan fingerprint density at radius 2 is 2.07 bits per heavy atom. The van der Waals surface area contributed by atoms with E-state index in [1.54, 1.807) is 0 Å². The van der Waals surface area contributed by atoms with E-state index in [0.717, 1.165) is 16.7 Å². The number of benzene rings is 1. The molecule has 0 aliphatic carbocycles. The fraction of sp³-hybridized carbons (Fsp3) is 0.333. The topological polar surface area (TPSA) is 72.4 Å². The van der Waals surface area contributed by atoms with Gasteiger partial charge < -0.3 is 19.9 Å². The van der Waals surface area contributed by atoms with Crippen molar-refractivity contribution in [2.75, 3.05) is 18.5 Å². The van der Waals surface area contributed by atoms with Crippen molar-refractivity contribution in [1.29, 1.82) is 0 Å². The summed E-state index contributed by atoms with van der Waals surface area (Å²) >= 11 is 5.65. The largest absolute Gasteiger partial charge is 0.379 e. The van der Waals surface area contributed by atoms with Gasteiger partial charge in [-0.1, -0.05) is 11.6 Å². The van der Waals surface area contributed by atoms with Crippen molar-refractivity contribution in [3.05, 3.63) is 52.6 Å². The molecule has 1 aromatic heterocycles. The van der Waals surface area contributed by atoms with Gasteiger partial charge in [0.05, 0.1) is 28.9 Å². The van der Waals surface area contributed by atoms with Gasteiger partial charge in [-0.3, -0.25) is 9.59 Å². The predicted octanol–water partition coefficient (Wildman–Crippen LogP) is 3.07. The molecule has 28 heavy (non-hydrogen) atoms. The molecule has 1 saturated heterocycles. The first kappa shape index (κ1) is 20.2. The van der Waals surface area contributed by atoms with Crippen molar-refractivity contribution in [3.8, 4) is 0 Å². The van der Waals surface area contributed by atoms with Crippen LogP contribution in [0.15, 0.2) is 30.5 Å². The Kier molecular flexibility index (Phi) is 5.66. The van der Waals surface area contributed by atoms with E-state index in [-0.39, 0.29) is 22.9 Å². The number of hydrogen-bond acceptors (Lipinski definition) is 3. The van der Waals surface area contributed by atoms with Crippen LogP contribution < -0.4 is 10.6 Å². The number of rotatable bonds is 5. The second-order valence-electron chi connectivity index (χ2n) is 6.42. The smallest absolute Gasteiger partial charge is 0.364 e. The van der Waals surface area contributed by atoms with E-state index in [1.165, 1.54) is 25.4 Å². The Labute approximate surface area is 163 Å². The van der Waals surface area contributed by atoms with Crippen molar-refractivity contribution in [2.24, 2.45) is 7.05 Å². The number of amides is 2. The molecule has 1 aliphatic heterocycles. The van der Waals surface area contributed by atoms with Gasteiger partial charge in [0.25, 0.3) is 11.8 Å². The number of aryl methyl sites for hydroxylation is 1. The summed E-state index contributed by atoms with van der Waals surface area (Å²) in [6.45, 7) is 0.585. The molecule has 2 N–H and O–H groups in total. The summed E-state index contributed by atoms with van der Waals surface area (Å²) in [5, 5.41) is 4.51. The molecule has 1 aromatic carbocycles. The number of alkyl halides is 2. The summed E-state index contributed by atoms with van der Waals surface area (Å²) in [5.41, 5.74) is -0.520. The first-order chi connectivity index (χ1) is 13.2. The average Bonchev–Trinajstić information content (AvgIpc) is 3.28. The van der Waals surface area contributed by atoms with Crippen LogP contribution in [0.5, 0.6) is 0 Å². The van der Waals surface area contributed by atoms with Crippen LogP contribution in [-0.2, 0) is 22.5 Å². The van der Waals surface area contributed by atoms with Gasteiger partial charge >= 0.3 is 5.92 Å². The Bertz CT molecular complexity index is 911. The van der Waals surface area contributed by atoms with Crippen molar-refractivity contribution in [3.63, 3.8) is 0 Å². The molecule has 0 saturated carbocycles. The molecule has 2 heterocycles. The molecule has 6 nitrogen and oxygen atoms in total. The lowest BCUT2D eigenvalue weighted by Gasteiger charge is -2.19. The standard InChI is InChI=1S/C18H17ClF3N3O3/c1-25-8-10(16(26)23-11-2-3-14(20)13(19)7-11)6-15(25)18(21,22)17(27)24-12-4-5-28-9-12/h2-3,6-8,12H,4-5,9H2,1H3,(H,23,26)(H,24,27)/t12-/m1/s1. The summed E-state index contributed by atoms with van der Waals surface area (Å²) in [6, 6.07) is 4.02. The van der Waals surface area contributed by atoms with Gasteiger partial charge in [-0.2, -0.15) is 8.78 Å². The molecule has 150 valence electrons. The third-order valence-corrected chi connectivity index (χ3v) is 4.61. The van der Waals surface area contributed by atoms with Crippen molar-refractivity contribution < 1.29 is 27.5 Å². The predicted molar refractivity (Wildman–Crippen MR) is 96.0 cm³/mol. The molecular weight excluding hydrogens is 399 g/mol. The lowest BCUT2D eigenvalue weighted by atomic mass is 10.1. The summed E-state index contributed by atoms with van der Waals surface area (Å²) in [4.78, 5) is 24.4. The van der Waals surface area contributed by atoms with Crippen LogP contribution in [-0.4, -0.2) is 35.6 Å². The van der Waals surface area contributed by atoms with E-state index in [1.807, 2.05) is 0 Å². The van der Waals surface area contributed by atoms with Gasteiger partial charge in [0.1, 0.15) is 5.82 Å². The molecule has 0 radical (unpaired) electrons. The maximum Gasteiger partial charge on any atom is 0.364 e. The maximum atomic E-state index is 14.6. The normalized spacial score (nSPS) is 16.8. The van der Waals surface area contributed by atoms with E-state index < -0.39 is 35.3 Å². The molecule has 10 heteroatoms. The molecule has 2 amide bonds. The lowest BCUT2D eigenvalue weighted by molar-refractivity contribution is -0.148. The van der Waals surface area contributed by atoms with Crippen LogP contribution in [0.1, 0.15) is 22.5 Å². The molecule has 1 aliphatic rings. The molecule has 0 bridgehead atoms. The first-order valence-electron chi connectivity index (χ1n) is 8.38. The molecule has 0 unspecified atom stereocenters. The van der Waals surface area contributed by atoms with E-state index >= 15 is 0 Å². The highest BCUT2D eigenvalue weighted by Gasteiger charge is 2.44. The van der Waals surface area contributed by atoms with Crippen LogP contribution in [0.25, 0.3) is 0 Å². The van der Waals surface area contributed by atoms with E-state index in [9.17, 15) is 22.8 Å². The van der Waals surface area contributed by atoms with Crippen molar-refractivity contribution in [2.45, 2.75) is 18.4 Å². The van der Waals surface area contributed by atoms with E-state index in [2.05, 4.69) is 10.6 Å². The molecule has 1 fully saturated rings. The molecule has 1 atom stereocenters. The quantitative estimate of drug-likeness (QED) is 0.788. The van der Waals surface area contributed by atoms with Gasteiger partial charge in [-0.25, -0.2) is 4.39 Å². The molecular formula is C18H17ClF3N3O3. The van der Waals surface area contributed by atoms with Crippen LogP contribution in [0.2, 0.25) is 5.02 Å². The summed E-state index contributed by atoms with van der Waals surface area (Å²) < 4.78 is 48.5. The highest BCUT2D eigenvalue weighted by Crippen LogP contribution is 2.30. The highest BCUT2D eigenvalue weighted by molar-refractivity contribution is 6.31. The number of anilines is 1. The van der Waals surface area contributed by atoms with Gasteiger partial charge in [0, 0.05) is 25.5 Å². The van der Waals surface area contributed by atoms with Gasteiger partial charge in [0.2, 0.25) is 0 Å². The highest BCUT2D eigenvalue weighted by atomic mass is 35.5. The number of ether oxygens (including phenoxy) is 1. The lowest BCUT2D eigenvalue weighted by Crippen LogP contribution is -2.44. The summed E-state index contributed by atoms with van der Waals surface area (Å²) in [6.07, 6.45) is 1.64. The summed E-state index contributed by atoms with van der Waals surface area (Å²) in [5.74, 6) is -6.65. The van der Waals surface area contributed by atoms with Crippen molar-refractivity contribution >= 4 is 29.1 Å². The molecule has 2 aromatic rings. The summed E-state index contributed by atoms with van der Waals surface area (Å²) in [7, 11) is 1.31. The number of aromatic nitrogens is 1. The second-order valence-corrected chi connectivity index (χ2v) is 6.82. The van der Waals surface area contributed by atoms with Crippen LogP contribution >= 0.6 is 11.6 Å². The van der Waals surface area contributed by atoms with E-state index in [0.29, 0.717) is 13.0 Å². The SMILES string of the molecule is Cn1cc(C(=O)Nc2ccc(F)c(Cl)c2)cc1C(F)(F)C(=O)N[C@@H]1CCOC1. The third kappa shape index (κ3) is 4.15. The molecule has 3 rings (SSSR count). The number of carbonyl (C=O) groups excluding carboxylic acids is 2. The minimum absolute atomic E-state index is 0.0883. The van der Waals surface area contributed by atoms with Gasteiger partial charge in [-0.05, 0) is 30.7 Å². The number of hydrogen-bond donors (Lipinski definition) is 2. The monoisotopic (exact) mass is 415 g/mol. The van der Waals surface area contributed by atoms with Crippen molar-refractivity contribution in [1.82, 2.24) is 9.88 Å². The number of nitrogens with zero attached hydrogens (tertiary/aromatic N) is 1. The number of halogens is 4. The van der Waals surface area contributed by atoms with Crippen LogP contribution in [0.4, 0.5) is 18.9 Å². The average molecular weight is 416 g/mol. The van der Waals surface area contributed by atoms with Gasteiger partial charge in [-0.15, -0.1) is 0 Å². The Hall–Kier alpha value is -2.52. The fourth-order valence-electron chi connectivity index (χ4n) is 2.82. The zero-order valence-corrected chi connectivity index (χ0v) is 15.5. The number of carbonyl (C=O) groups is 2. The minimum Gasteiger partial charge on any atom is -0.379 e. The van der Waals surface area contributed by atoms with Crippen LogP contribution in [0.3, 0.4) is 0 Å². The molecule has 0 spiro atoms. The Balaban J connectivity index is 1.76. The van der Waals surface area contributed by atoms with Gasteiger partial charge in [0.15, 0.2) is 0 Å².